The highest BCUT2D eigenvalue weighted by molar-refractivity contribution is 7.08. The third kappa shape index (κ3) is 5.33. The average Bonchev–Trinajstić information content (AvgIpc) is 3.66. The number of hydrogen-bond donors (Lipinski definition) is 1. The van der Waals surface area contributed by atoms with E-state index in [9.17, 15) is 9.59 Å². The number of benzene rings is 2. The van der Waals surface area contributed by atoms with E-state index < -0.39 is 6.04 Å². The van der Waals surface area contributed by atoms with Crippen LogP contribution in [0.15, 0.2) is 65.4 Å². The summed E-state index contributed by atoms with van der Waals surface area (Å²) < 4.78 is 1.62. The van der Waals surface area contributed by atoms with E-state index >= 15 is 0 Å². The number of carbonyl (C=O) groups is 2. The van der Waals surface area contributed by atoms with Gasteiger partial charge in [0.25, 0.3) is 0 Å². The molecule has 0 aliphatic heterocycles. The average molecular weight is 502 g/mol. The molecule has 1 fully saturated rings. The molecule has 2 aromatic carbocycles. The standard InChI is InChI=1S/C28H31N5O2S/c1-20-8-2-3-9-21(20)14-16-32(26(34)18-33-25-13-7-6-12-24(25)30-31-33)27(22-15-17-36-19-22)28(35)29-23-10-4-5-11-23/h2-3,6-9,12-13,15,17,19,23,27H,4-5,10-11,14,16,18H2,1H3,(H,29,35)/t27-/m0/s1. The van der Waals surface area contributed by atoms with Crippen molar-refractivity contribution in [2.24, 2.45) is 0 Å². The molecule has 1 aliphatic carbocycles. The summed E-state index contributed by atoms with van der Waals surface area (Å²) in [7, 11) is 0. The summed E-state index contributed by atoms with van der Waals surface area (Å²) in [5, 5.41) is 15.6. The number of carbonyl (C=O) groups excluding carboxylic acids is 2. The number of rotatable bonds is 9. The van der Waals surface area contributed by atoms with Gasteiger partial charge >= 0.3 is 0 Å². The summed E-state index contributed by atoms with van der Waals surface area (Å²) in [6.07, 6.45) is 4.90. The number of thiophene rings is 1. The molecule has 186 valence electrons. The van der Waals surface area contributed by atoms with E-state index in [0.717, 1.165) is 42.3 Å². The number of aromatic nitrogens is 3. The van der Waals surface area contributed by atoms with Crippen LogP contribution in [0.1, 0.15) is 48.4 Å². The quantitative estimate of drug-likeness (QED) is 0.361. The Balaban J connectivity index is 1.46. The van der Waals surface area contributed by atoms with Crippen LogP contribution < -0.4 is 5.32 Å². The zero-order valence-electron chi connectivity index (χ0n) is 20.5. The Kier molecular flexibility index (Phi) is 7.41. The van der Waals surface area contributed by atoms with E-state index in [1.54, 1.807) is 9.58 Å². The van der Waals surface area contributed by atoms with Crippen LogP contribution in [-0.2, 0) is 22.6 Å². The highest BCUT2D eigenvalue weighted by atomic mass is 32.1. The van der Waals surface area contributed by atoms with Crippen LogP contribution >= 0.6 is 11.3 Å². The molecular weight excluding hydrogens is 470 g/mol. The van der Waals surface area contributed by atoms with Gasteiger partial charge in [0.05, 0.1) is 5.52 Å². The lowest BCUT2D eigenvalue weighted by Crippen LogP contribution is -2.47. The summed E-state index contributed by atoms with van der Waals surface area (Å²) >= 11 is 1.54. The van der Waals surface area contributed by atoms with Gasteiger partial charge in [-0.25, -0.2) is 4.68 Å². The summed E-state index contributed by atoms with van der Waals surface area (Å²) in [5.41, 5.74) is 4.73. The molecule has 0 radical (unpaired) electrons. The predicted octanol–water partition coefficient (Wildman–Crippen LogP) is 4.67. The van der Waals surface area contributed by atoms with Crippen molar-refractivity contribution in [3.05, 3.63) is 82.0 Å². The van der Waals surface area contributed by atoms with E-state index in [0.29, 0.717) is 13.0 Å². The number of fused-ring (bicyclic) bond motifs is 1. The van der Waals surface area contributed by atoms with Gasteiger partial charge in [-0.15, -0.1) is 5.10 Å². The molecule has 0 bridgehead atoms. The Morgan fingerprint density at radius 1 is 1.11 bits per heavy atom. The van der Waals surface area contributed by atoms with Crippen molar-refractivity contribution in [3.8, 4) is 0 Å². The second-order valence-corrected chi connectivity index (χ2v) is 10.2. The van der Waals surface area contributed by atoms with Crippen molar-refractivity contribution in [3.63, 3.8) is 0 Å². The van der Waals surface area contributed by atoms with Crippen LogP contribution in [0.2, 0.25) is 0 Å². The van der Waals surface area contributed by atoms with Crippen LogP contribution in [0, 0.1) is 6.92 Å². The summed E-state index contributed by atoms with van der Waals surface area (Å²) in [5.74, 6) is -0.265. The Bertz CT molecular complexity index is 1330. The molecule has 4 aromatic rings. The molecule has 0 spiro atoms. The Hall–Kier alpha value is -3.52. The van der Waals surface area contributed by atoms with Gasteiger partial charge in [0.2, 0.25) is 11.8 Å². The minimum absolute atomic E-state index is 0.0195. The fourth-order valence-electron chi connectivity index (χ4n) is 5.04. The number of nitrogens with one attached hydrogen (secondary N) is 1. The summed E-state index contributed by atoms with van der Waals surface area (Å²) in [6, 6.07) is 17.2. The van der Waals surface area contributed by atoms with Crippen molar-refractivity contribution in [1.29, 1.82) is 0 Å². The number of nitrogens with zero attached hydrogens (tertiary/aromatic N) is 4. The smallest absolute Gasteiger partial charge is 0.247 e. The van der Waals surface area contributed by atoms with Crippen LogP contribution in [0.5, 0.6) is 0 Å². The minimum atomic E-state index is -0.692. The van der Waals surface area contributed by atoms with Crippen molar-refractivity contribution in [1.82, 2.24) is 25.2 Å². The van der Waals surface area contributed by atoms with E-state index in [-0.39, 0.29) is 24.4 Å². The molecule has 7 nitrogen and oxygen atoms in total. The Morgan fingerprint density at radius 3 is 2.67 bits per heavy atom. The lowest BCUT2D eigenvalue weighted by Gasteiger charge is -2.32. The largest absolute Gasteiger partial charge is 0.351 e. The molecule has 0 saturated heterocycles. The topological polar surface area (TPSA) is 80.1 Å². The normalized spacial score (nSPS) is 14.7. The molecule has 1 saturated carbocycles. The van der Waals surface area contributed by atoms with Crippen molar-refractivity contribution in [2.45, 2.75) is 57.7 Å². The number of hydrogen-bond acceptors (Lipinski definition) is 5. The van der Waals surface area contributed by atoms with Crippen molar-refractivity contribution < 1.29 is 9.59 Å². The highest BCUT2D eigenvalue weighted by Gasteiger charge is 2.33. The first-order chi connectivity index (χ1) is 17.6. The zero-order valence-corrected chi connectivity index (χ0v) is 21.3. The second-order valence-electron chi connectivity index (χ2n) is 9.45. The molecule has 2 heterocycles. The number of aryl methyl sites for hydroxylation is 1. The first-order valence-electron chi connectivity index (χ1n) is 12.5. The molecule has 8 heteroatoms. The van der Waals surface area contributed by atoms with Gasteiger partial charge in [0, 0.05) is 12.6 Å². The summed E-state index contributed by atoms with van der Waals surface area (Å²) in [6.45, 7) is 2.52. The van der Waals surface area contributed by atoms with E-state index in [1.807, 2.05) is 53.2 Å². The first-order valence-corrected chi connectivity index (χ1v) is 13.5. The Labute approximate surface area is 215 Å². The van der Waals surface area contributed by atoms with Crippen LogP contribution in [0.4, 0.5) is 0 Å². The zero-order chi connectivity index (χ0) is 24.9. The van der Waals surface area contributed by atoms with Crippen LogP contribution in [0.3, 0.4) is 0 Å². The highest BCUT2D eigenvalue weighted by Crippen LogP contribution is 2.27. The van der Waals surface area contributed by atoms with Crippen LogP contribution in [-0.4, -0.2) is 44.3 Å². The molecule has 1 N–H and O–H groups in total. The van der Waals surface area contributed by atoms with Crippen molar-refractivity contribution >= 4 is 34.2 Å². The monoisotopic (exact) mass is 501 g/mol. The fourth-order valence-corrected chi connectivity index (χ4v) is 5.71. The molecule has 2 amide bonds. The maximum atomic E-state index is 13.9. The fraction of sp³-hybridized carbons (Fsp3) is 0.357. The molecule has 36 heavy (non-hydrogen) atoms. The van der Waals surface area contributed by atoms with Crippen molar-refractivity contribution in [2.75, 3.05) is 6.54 Å². The lowest BCUT2D eigenvalue weighted by atomic mass is 10.0. The van der Waals surface area contributed by atoms with Gasteiger partial charge in [0.15, 0.2) is 0 Å². The van der Waals surface area contributed by atoms with Gasteiger partial charge in [-0.3, -0.25) is 9.59 Å². The Morgan fingerprint density at radius 2 is 1.89 bits per heavy atom. The maximum Gasteiger partial charge on any atom is 0.247 e. The molecule has 5 rings (SSSR count). The number of para-hydroxylation sites is 1. The summed E-state index contributed by atoms with van der Waals surface area (Å²) in [4.78, 5) is 29.3. The molecular formula is C28H31N5O2S. The molecule has 2 aromatic heterocycles. The molecule has 0 unspecified atom stereocenters. The minimum Gasteiger partial charge on any atom is -0.351 e. The van der Waals surface area contributed by atoms with E-state index in [2.05, 4.69) is 34.7 Å². The second kappa shape index (κ2) is 11.0. The lowest BCUT2D eigenvalue weighted by molar-refractivity contribution is -0.141. The van der Waals surface area contributed by atoms with Gasteiger partial charge < -0.3 is 10.2 Å². The third-order valence-electron chi connectivity index (χ3n) is 7.03. The van der Waals surface area contributed by atoms with Gasteiger partial charge in [-0.1, -0.05) is 54.5 Å². The third-order valence-corrected chi connectivity index (χ3v) is 7.73. The first kappa shape index (κ1) is 24.2. The predicted molar refractivity (Wildman–Crippen MR) is 142 cm³/mol. The molecule has 1 aliphatic rings. The van der Waals surface area contributed by atoms with E-state index in [4.69, 9.17) is 0 Å². The maximum absolute atomic E-state index is 13.9. The van der Waals surface area contributed by atoms with Crippen LogP contribution in [0.25, 0.3) is 11.0 Å². The SMILES string of the molecule is Cc1ccccc1CCN(C(=O)Cn1nnc2ccccc21)[C@H](C(=O)NC1CCCC1)c1ccsc1. The number of amides is 2. The molecule has 1 atom stereocenters. The van der Waals surface area contributed by atoms with Gasteiger partial charge in [0.1, 0.15) is 18.1 Å². The van der Waals surface area contributed by atoms with Gasteiger partial charge in [-0.05, 0) is 71.8 Å². The van der Waals surface area contributed by atoms with Gasteiger partial charge in [-0.2, -0.15) is 11.3 Å². The van der Waals surface area contributed by atoms with E-state index in [1.165, 1.54) is 22.5 Å².